The smallest absolute Gasteiger partial charge is 0.176 e. The molecule has 0 atom stereocenters. The van der Waals surface area contributed by atoms with E-state index in [0.717, 1.165) is 5.56 Å². The molecule has 3 nitrogen and oxygen atoms in total. The molecule has 0 bridgehead atoms. The standard InChI is InChI=1S/C15H15NO2/c17-14-8-4-7-13(9-14)15(18)11-16-10-12-5-2-1-3-6-12/h1-9,16-17H,10-11H2. The van der Waals surface area contributed by atoms with Crippen molar-refractivity contribution in [3.63, 3.8) is 0 Å². The number of phenolic OH excluding ortho intramolecular Hbond substituents is 1. The Balaban J connectivity index is 1.86. The van der Waals surface area contributed by atoms with Crippen LogP contribution in [0.5, 0.6) is 5.75 Å². The van der Waals surface area contributed by atoms with Gasteiger partial charge < -0.3 is 10.4 Å². The van der Waals surface area contributed by atoms with Gasteiger partial charge in [-0.2, -0.15) is 0 Å². The predicted octanol–water partition coefficient (Wildman–Crippen LogP) is 2.36. The van der Waals surface area contributed by atoms with Crippen LogP contribution in [0.15, 0.2) is 54.6 Å². The summed E-state index contributed by atoms with van der Waals surface area (Å²) in [5.41, 5.74) is 1.66. The highest BCUT2D eigenvalue weighted by molar-refractivity contribution is 5.97. The molecule has 0 unspecified atom stereocenters. The van der Waals surface area contributed by atoms with Crippen LogP contribution >= 0.6 is 0 Å². The van der Waals surface area contributed by atoms with E-state index in [4.69, 9.17) is 0 Å². The van der Waals surface area contributed by atoms with E-state index in [9.17, 15) is 9.90 Å². The Bertz CT molecular complexity index is 523. The Morgan fingerprint density at radius 1 is 1.06 bits per heavy atom. The van der Waals surface area contributed by atoms with Crippen molar-refractivity contribution in [1.29, 1.82) is 0 Å². The van der Waals surface area contributed by atoms with Gasteiger partial charge in [0.2, 0.25) is 0 Å². The molecule has 0 saturated carbocycles. The molecule has 0 aliphatic carbocycles. The van der Waals surface area contributed by atoms with Gasteiger partial charge in [-0.15, -0.1) is 0 Å². The van der Waals surface area contributed by atoms with Gasteiger partial charge in [0.25, 0.3) is 0 Å². The molecule has 0 fully saturated rings. The Labute approximate surface area is 106 Å². The van der Waals surface area contributed by atoms with Gasteiger partial charge in [0.1, 0.15) is 5.75 Å². The van der Waals surface area contributed by atoms with Crippen molar-refractivity contribution in [3.8, 4) is 5.75 Å². The molecule has 0 aromatic heterocycles. The van der Waals surface area contributed by atoms with Crippen molar-refractivity contribution in [2.45, 2.75) is 6.54 Å². The lowest BCUT2D eigenvalue weighted by atomic mass is 10.1. The van der Waals surface area contributed by atoms with E-state index in [1.165, 1.54) is 6.07 Å². The maximum Gasteiger partial charge on any atom is 0.176 e. The first-order chi connectivity index (χ1) is 8.75. The number of phenols is 1. The molecule has 2 rings (SSSR count). The predicted molar refractivity (Wildman–Crippen MR) is 70.6 cm³/mol. The van der Waals surface area contributed by atoms with Crippen LogP contribution in [0.2, 0.25) is 0 Å². The van der Waals surface area contributed by atoms with Crippen LogP contribution in [0.4, 0.5) is 0 Å². The summed E-state index contributed by atoms with van der Waals surface area (Å²) in [6, 6.07) is 16.3. The number of benzene rings is 2. The molecule has 2 aromatic rings. The normalized spacial score (nSPS) is 10.2. The molecule has 2 aromatic carbocycles. The van der Waals surface area contributed by atoms with Crippen molar-refractivity contribution in [3.05, 3.63) is 65.7 Å². The number of carbonyl (C=O) groups excluding carboxylic acids is 1. The Kier molecular flexibility index (Phi) is 4.10. The fraction of sp³-hybridized carbons (Fsp3) is 0.133. The summed E-state index contributed by atoms with van der Waals surface area (Å²) in [7, 11) is 0. The first kappa shape index (κ1) is 12.3. The third-order valence-corrected chi connectivity index (χ3v) is 2.63. The summed E-state index contributed by atoms with van der Waals surface area (Å²) in [4.78, 5) is 11.8. The average molecular weight is 241 g/mol. The largest absolute Gasteiger partial charge is 0.508 e. The number of hydrogen-bond donors (Lipinski definition) is 2. The third-order valence-electron chi connectivity index (χ3n) is 2.63. The van der Waals surface area contributed by atoms with E-state index in [1.807, 2.05) is 30.3 Å². The van der Waals surface area contributed by atoms with E-state index in [2.05, 4.69) is 5.32 Å². The van der Waals surface area contributed by atoms with Crippen LogP contribution < -0.4 is 5.32 Å². The molecule has 18 heavy (non-hydrogen) atoms. The first-order valence-corrected chi connectivity index (χ1v) is 5.82. The Morgan fingerprint density at radius 3 is 2.56 bits per heavy atom. The molecular weight excluding hydrogens is 226 g/mol. The van der Waals surface area contributed by atoms with E-state index in [1.54, 1.807) is 18.2 Å². The number of Topliss-reactive ketones (excluding diaryl/α,β-unsaturated/α-hetero) is 1. The molecule has 0 radical (unpaired) electrons. The number of hydrogen-bond acceptors (Lipinski definition) is 3. The second kappa shape index (κ2) is 5.98. The number of aromatic hydroxyl groups is 1. The molecule has 3 heteroatoms. The van der Waals surface area contributed by atoms with Gasteiger partial charge in [0, 0.05) is 12.1 Å². The van der Waals surface area contributed by atoms with Gasteiger partial charge >= 0.3 is 0 Å². The topological polar surface area (TPSA) is 49.3 Å². The second-order valence-electron chi connectivity index (χ2n) is 4.06. The molecule has 0 aliphatic rings. The number of carbonyl (C=O) groups is 1. The molecular formula is C15H15NO2. The molecule has 0 aliphatic heterocycles. The fourth-order valence-corrected chi connectivity index (χ4v) is 1.70. The fourth-order valence-electron chi connectivity index (χ4n) is 1.70. The minimum atomic E-state index is -0.0261. The van der Waals surface area contributed by atoms with Gasteiger partial charge in [-0.3, -0.25) is 4.79 Å². The van der Waals surface area contributed by atoms with E-state index in [0.29, 0.717) is 12.1 Å². The number of ketones is 1. The van der Waals surface area contributed by atoms with Crippen LogP contribution in [0.25, 0.3) is 0 Å². The van der Waals surface area contributed by atoms with Crippen LogP contribution in [-0.2, 0) is 6.54 Å². The van der Waals surface area contributed by atoms with Gasteiger partial charge in [-0.25, -0.2) is 0 Å². The molecule has 0 heterocycles. The van der Waals surface area contributed by atoms with Gasteiger partial charge in [-0.05, 0) is 17.7 Å². The van der Waals surface area contributed by atoms with Gasteiger partial charge in [0.05, 0.1) is 6.54 Å². The minimum absolute atomic E-state index is 0.0261. The van der Waals surface area contributed by atoms with Crippen molar-refractivity contribution >= 4 is 5.78 Å². The monoisotopic (exact) mass is 241 g/mol. The molecule has 0 amide bonds. The maximum atomic E-state index is 11.8. The van der Waals surface area contributed by atoms with Gasteiger partial charge in [0.15, 0.2) is 5.78 Å². The van der Waals surface area contributed by atoms with Crippen molar-refractivity contribution in [2.24, 2.45) is 0 Å². The van der Waals surface area contributed by atoms with E-state index in [-0.39, 0.29) is 18.1 Å². The SMILES string of the molecule is O=C(CNCc1ccccc1)c1cccc(O)c1. The summed E-state index contributed by atoms with van der Waals surface area (Å²) < 4.78 is 0. The quantitative estimate of drug-likeness (QED) is 0.790. The van der Waals surface area contributed by atoms with Crippen LogP contribution in [-0.4, -0.2) is 17.4 Å². The van der Waals surface area contributed by atoms with Gasteiger partial charge in [-0.1, -0.05) is 42.5 Å². The summed E-state index contributed by atoms with van der Waals surface area (Å²) in [5, 5.41) is 12.4. The molecule has 0 saturated heterocycles. The van der Waals surface area contributed by atoms with E-state index < -0.39 is 0 Å². The Hall–Kier alpha value is -2.13. The Morgan fingerprint density at radius 2 is 1.83 bits per heavy atom. The zero-order valence-electron chi connectivity index (χ0n) is 9.97. The zero-order chi connectivity index (χ0) is 12.8. The lowest BCUT2D eigenvalue weighted by molar-refractivity contribution is 0.0990. The summed E-state index contributed by atoms with van der Waals surface area (Å²) in [5.74, 6) is 0.0886. The van der Waals surface area contributed by atoms with E-state index >= 15 is 0 Å². The highest BCUT2D eigenvalue weighted by Crippen LogP contribution is 2.11. The van der Waals surface area contributed by atoms with Crippen molar-refractivity contribution in [1.82, 2.24) is 5.32 Å². The lowest BCUT2D eigenvalue weighted by Gasteiger charge is -2.04. The third kappa shape index (κ3) is 3.43. The first-order valence-electron chi connectivity index (χ1n) is 5.82. The van der Waals surface area contributed by atoms with Crippen molar-refractivity contribution < 1.29 is 9.90 Å². The summed E-state index contributed by atoms with van der Waals surface area (Å²) in [6.07, 6.45) is 0. The zero-order valence-corrected chi connectivity index (χ0v) is 9.97. The summed E-state index contributed by atoms with van der Waals surface area (Å²) >= 11 is 0. The minimum Gasteiger partial charge on any atom is -0.508 e. The maximum absolute atomic E-state index is 11.8. The van der Waals surface area contributed by atoms with Crippen LogP contribution in [0.3, 0.4) is 0 Å². The lowest BCUT2D eigenvalue weighted by Crippen LogP contribution is -2.22. The second-order valence-corrected chi connectivity index (χ2v) is 4.06. The average Bonchev–Trinajstić information content (AvgIpc) is 2.40. The number of nitrogens with one attached hydrogen (secondary N) is 1. The van der Waals surface area contributed by atoms with Crippen LogP contribution in [0, 0.1) is 0 Å². The molecule has 0 spiro atoms. The highest BCUT2D eigenvalue weighted by atomic mass is 16.3. The number of rotatable bonds is 5. The van der Waals surface area contributed by atoms with Crippen molar-refractivity contribution in [2.75, 3.05) is 6.54 Å². The highest BCUT2D eigenvalue weighted by Gasteiger charge is 2.05. The van der Waals surface area contributed by atoms with Crippen LogP contribution in [0.1, 0.15) is 15.9 Å². The molecule has 92 valence electrons. The molecule has 2 N–H and O–H groups in total. The summed E-state index contributed by atoms with van der Waals surface area (Å²) in [6.45, 7) is 0.920.